The molecule has 1 heterocycles. The van der Waals surface area contributed by atoms with Gasteiger partial charge in [0.25, 0.3) is 10.0 Å². The fourth-order valence-corrected chi connectivity index (χ4v) is 5.58. The second-order valence-electron chi connectivity index (χ2n) is 8.66. The Morgan fingerprint density at radius 2 is 1.63 bits per heavy atom. The number of carbonyl (C=O) groups is 1. The summed E-state index contributed by atoms with van der Waals surface area (Å²) in [5.41, 5.74) is 3.40. The van der Waals surface area contributed by atoms with Gasteiger partial charge in [0, 0.05) is 17.8 Å². The van der Waals surface area contributed by atoms with Crippen molar-refractivity contribution in [1.82, 2.24) is 0 Å². The Kier molecular flexibility index (Phi) is 6.93. The van der Waals surface area contributed by atoms with Gasteiger partial charge in [0.15, 0.2) is 17.3 Å². The van der Waals surface area contributed by atoms with Crippen molar-refractivity contribution in [2.75, 3.05) is 12.0 Å². The molecule has 0 unspecified atom stereocenters. The van der Waals surface area contributed by atoms with E-state index in [1.54, 1.807) is 66.7 Å². The van der Waals surface area contributed by atoms with Crippen LogP contribution in [0.2, 0.25) is 5.02 Å². The molecule has 0 amide bonds. The molecule has 0 spiro atoms. The third-order valence-corrected chi connectivity index (χ3v) is 7.73. The molecule has 38 heavy (non-hydrogen) atoms. The average molecular weight is 547 g/mol. The number of esters is 1. The van der Waals surface area contributed by atoms with Gasteiger partial charge in [-0.15, -0.1) is 4.40 Å². The van der Waals surface area contributed by atoms with E-state index in [4.69, 9.17) is 21.1 Å². The molecular weight excluding hydrogens is 524 g/mol. The standard InChI is InChI=1S/C29H23ClN2O5S/c1-19-11-14-21(15-12-19)32(28-23-8-4-6-10-27(23)38(34,35)31-28)18-20-13-16-25(26(17-20)36-2)37-29(33)22-7-3-5-9-24(22)30/h3-17H,18H2,1-2H3. The van der Waals surface area contributed by atoms with Crippen LogP contribution in [0.5, 0.6) is 11.5 Å². The van der Waals surface area contributed by atoms with Gasteiger partial charge in [-0.25, -0.2) is 4.79 Å². The van der Waals surface area contributed by atoms with Gasteiger partial charge in [0.2, 0.25) is 0 Å². The van der Waals surface area contributed by atoms with Crippen LogP contribution in [-0.2, 0) is 16.6 Å². The van der Waals surface area contributed by atoms with Crippen LogP contribution in [0.3, 0.4) is 0 Å². The van der Waals surface area contributed by atoms with E-state index in [0.29, 0.717) is 17.1 Å². The fraction of sp³-hybridized carbons (Fsp3) is 0.103. The van der Waals surface area contributed by atoms with E-state index in [2.05, 4.69) is 4.40 Å². The lowest BCUT2D eigenvalue weighted by atomic mass is 10.1. The van der Waals surface area contributed by atoms with Crippen molar-refractivity contribution in [2.24, 2.45) is 4.40 Å². The van der Waals surface area contributed by atoms with E-state index in [-0.39, 0.29) is 27.8 Å². The van der Waals surface area contributed by atoms with E-state index < -0.39 is 16.0 Å². The lowest BCUT2D eigenvalue weighted by Gasteiger charge is -2.25. The van der Waals surface area contributed by atoms with Crippen LogP contribution in [0.4, 0.5) is 5.69 Å². The van der Waals surface area contributed by atoms with E-state index in [9.17, 15) is 13.2 Å². The second-order valence-corrected chi connectivity index (χ2v) is 10.6. The largest absolute Gasteiger partial charge is 0.493 e. The zero-order chi connectivity index (χ0) is 26.9. The highest BCUT2D eigenvalue weighted by atomic mass is 35.5. The summed E-state index contributed by atoms with van der Waals surface area (Å²) in [6.45, 7) is 2.26. The van der Waals surface area contributed by atoms with E-state index in [0.717, 1.165) is 16.8 Å². The Balaban J connectivity index is 1.50. The van der Waals surface area contributed by atoms with E-state index in [1.165, 1.54) is 7.11 Å². The number of ether oxygens (including phenoxy) is 2. The van der Waals surface area contributed by atoms with Crippen molar-refractivity contribution < 1.29 is 22.7 Å². The zero-order valence-electron chi connectivity index (χ0n) is 20.6. The molecule has 192 valence electrons. The second kappa shape index (κ2) is 10.3. The third-order valence-electron chi connectivity index (χ3n) is 6.08. The molecule has 9 heteroatoms. The summed E-state index contributed by atoms with van der Waals surface area (Å²) in [4.78, 5) is 14.7. The van der Waals surface area contributed by atoms with Gasteiger partial charge in [0.1, 0.15) is 4.90 Å². The van der Waals surface area contributed by atoms with Crippen LogP contribution >= 0.6 is 11.6 Å². The molecule has 0 bridgehead atoms. The molecule has 0 saturated heterocycles. The van der Waals surface area contributed by atoms with Crippen LogP contribution in [0.15, 0.2) is 100 Å². The molecule has 0 saturated carbocycles. The van der Waals surface area contributed by atoms with Gasteiger partial charge >= 0.3 is 5.97 Å². The Morgan fingerprint density at radius 3 is 2.37 bits per heavy atom. The molecule has 4 aromatic rings. The first kappa shape index (κ1) is 25.5. The summed E-state index contributed by atoms with van der Waals surface area (Å²) in [6.07, 6.45) is 0. The smallest absolute Gasteiger partial charge is 0.345 e. The Bertz CT molecular complexity index is 1670. The number of fused-ring (bicyclic) bond motifs is 1. The van der Waals surface area contributed by atoms with Gasteiger partial charge in [-0.2, -0.15) is 8.42 Å². The molecular formula is C29H23ClN2O5S. The predicted octanol–water partition coefficient (Wildman–Crippen LogP) is 6.03. The van der Waals surface area contributed by atoms with Crippen molar-refractivity contribution in [1.29, 1.82) is 0 Å². The lowest BCUT2D eigenvalue weighted by Crippen LogP contribution is -2.30. The summed E-state index contributed by atoms with van der Waals surface area (Å²) in [6, 6.07) is 26.3. The van der Waals surface area contributed by atoms with Crippen LogP contribution in [0, 0.1) is 6.92 Å². The molecule has 0 atom stereocenters. The molecule has 5 rings (SSSR count). The topological polar surface area (TPSA) is 85.3 Å². The van der Waals surface area contributed by atoms with Crippen molar-refractivity contribution in [2.45, 2.75) is 18.4 Å². The minimum absolute atomic E-state index is 0.173. The number of rotatable bonds is 6. The van der Waals surface area contributed by atoms with Gasteiger partial charge in [-0.1, -0.05) is 59.6 Å². The highest BCUT2D eigenvalue weighted by molar-refractivity contribution is 7.90. The molecule has 7 nitrogen and oxygen atoms in total. The molecule has 1 aliphatic rings. The number of benzene rings is 4. The Labute approximate surface area is 226 Å². The van der Waals surface area contributed by atoms with Crippen LogP contribution in [0.25, 0.3) is 0 Å². The maximum Gasteiger partial charge on any atom is 0.345 e. The summed E-state index contributed by atoms with van der Waals surface area (Å²) in [5.74, 6) is 0.296. The summed E-state index contributed by atoms with van der Waals surface area (Å²) < 4.78 is 40.8. The first-order valence-electron chi connectivity index (χ1n) is 11.7. The quantitative estimate of drug-likeness (QED) is 0.217. The number of nitrogens with zero attached hydrogens (tertiary/aromatic N) is 2. The summed E-state index contributed by atoms with van der Waals surface area (Å²) >= 11 is 6.14. The van der Waals surface area contributed by atoms with Crippen molar-refractivity contribution >= 4 is 39.1 Å². The Morgan fingerprint density at radius 1 is 0.921 bits per heavy atom. The van der Waals surface area contributed by atoms with Crippen LogP contribution in [-0.4, -0.2) is 27.3 Å². The molecule has 0 aliphatic carbocycles. The number of hydrogen-bond acceptors (Lipinski definition) is 6. The number of aryl methyl sites for hydroxylation is 1. The van der Waals surface area contributed by atoms with Crippen LogP contribution < -0.4 is 14.4 Å². The predicted molar refractivity (Wildman–Crippen MR) is 147 cm³/mol. The molecule has 0 N–H and O–H groups in total. The molecule has 0 aromatic heterocycles. The van der Waals surface area contributed by atoms with Gasteiger partial charge in [0.05, 0.1) is 17.7 Å². The summed E-state index contributed by atoms with van der Waals surface area (Å²) in [7, 11) is -2.34. The first-order valence-corrected chi connectivity index (χ1v) is 13.5. The SMILES string of the molecule is COc1cc(CN(C2=NS(=O)(=O)c3ccccc32)c2ccc(C)cc2)ccc1OC(=O)c1ccccc1Cl. The third kappa shape index (κ3) is 5.01. The molecule has 1 aliphatic heterocycles. The number of halogens is 1. The minimum Gasteiger partial charge on any atom is -0.493 e. The number of hydrogen-bond donors (Lipinski definition) is 0. The number of carbonyl (C=O) groups excluding carboxylic acids is 1. The molecule has 0 fully saturated rings. The Hall–Kier alpha value is -4.14. The van der Waals surface area contributed by atoms with Gasteiger partial charge in [-0.3, -0.25) is 0 Å². The highest BCUT2D eigenvalue weighted by Crippen LogP contribution is 2.34. The van der Waals surface area contributed by atoms with E-state index >= 15 is 0 Å². The first-order chi connectivity index (χ1) is 18.3. The summed E-state index contributed by atoms with van der Waals surface area (Å²) in [5, 5.41) is 0.286. The van der Waals surface area contributed by atoms with Crippen LogP contribution in [0.1, 0.15) is 27.0 Å². The number of amidine groups is 1. The monoisotopic (exact) mass is 546 g/mol. The lowest BCUT2D eigenvalue weighted by molar-refractivity contribution is 0.0730. The van der Waals surface area contributed by atoms with Gasteiger partial charge < -0.3 is 14.4 Å². The maximum atomic E-state index is 12.8. The number of methoxy groups -OCH3 is 1. The zero-order valence-corrected chi connectivity index (χ0v) is 22.2. The number of sulfonamides is 1. The van der Waals surface area contributed by atoms with Crippen molar-refractivity contribution in [3.8, 4) is 11.5 Å². The van der Waals surface area contributed by atoms with Crippen molar-refractivity contribution in [3.05, 3.63) is 118 Å². The van der Waals surface area contributed by atoms with Crippen molar-refractivity contribution in [3.63, 3.8) is 0 Å². The fourth-order valence-electron chi connectivity index (χ4n) is 4.16. The normalized spacial score (nSPS) is 13.4. The highest BCUT2D eigenvalue weighted by Gasteiger charge is 2.32. The molecule has 4 aromatic carbocycles. The van der Waals surface area contributed by atoms with Gasteiger partial charge in [-0.05, 0) is 61.0 Å². The minimum atomic E-state index is -3.82. The van der Waals surface area contributed by atoms with E-state index in [1.807, 2.05) is 36.1 Å². The average Bonchev–Trinajstić information content (AvgIpc) is 3.19. The number of anilines is 1. The molecule has 0 radical (unpaired) electrons. The maximum absolute atomic E-state index is 12.8.